The number of benzene rings is 2. The second kappa shape index (κ2) is 6.61. The van der Waals surface area contributed by atoms with Crippen LogP contribution in [0.2, 0.25) is 0 Å². The maximum atomic E-state index is 6.29. The molecule has 3 atom stereocenters. The van der Waals surface area contributed by atoms with Crippen molar-refractivity contribution in [2.45, 2.75) is 25.3 Å². The minimum absolute atomic E-state index is 0.0518. The number of hydrogen-bond donors (Lipinski definition) is 1. The lowest BCUT2D eigenvalue weighted by Gasteiger charge is -2.14. The SMILES string of the molecule is C[C@H]1N[C@@H](c2ccc(-c3nc4ccccn4n3)cc2)O[C@@H]1c1ccccc1. The van der Waals surface area contributed by atoms with Gasteiger partial charge in [0.1, 0.15) is 12.3 Å². The maximum Gasteiger partial charge on any atom is 0.182 e. The zero-order valence-electron chi connectivity index (χ0n) is 15.0. The fourth-order valence-corrected chi connectivity index (χ4v) is 3.58. The molecular formula is C22H20N4O. The minimum atomic E-state index is -0.117. The summed E-state index contributed by atoms with van der Waals surface area (Å²) in [6.45, 7) is 2.16. The Bertz CT molecular complexity index is 1030. The second-order valence-electron chi connectivity index (χ2n) is 6.86. The van der Waals surface area contributed by atoms with Crippen molar-refractivity contribution in [1.29, 1.82) is 0 Å². The van der Waals surface area contributed by atoms with Gasteiger partial charge in [-0.3, -0.25) is 5.32 Å². The fraction of sp³-hybridized carbons (Fsp3) is 0.182. The molecule has 0 amide bonds. The van der Waals surface area contributed by atoms with Gasteiger partial charge in [-0.2, -0.15) is 0 Å². The molecule has 2 aromatic heterocycles. The molecule has 3 heterocycles. The summed E-state index contributed by atoms with van der Waals surface area (Å²) in [5, 5.41) is 8.07. The van der Waals surface area contributed by atoms with Gasteiger partial charge in [0, 0.05) is 17.8 Å². The normalized spacial score (nSPS) is 22.3. The van der Waals surface area contributed by atoms with E-state index >= 15 is 0 Å². The van der Waals surface area contributed by atoms with Gasteiger partial charge >= 0.3 is 0 Å². The Hall–Kier alpha value is -3.02. The van der Waals surface area contributed by atoms with Gasteiger partial charge in [-0.25, -0.2) is 9.50 Å². The second-order valence-corrected chi connectivity index (χ2v) is 6.86. The van der Waals surface area contributed by atoms with Crippen molar-refractivity contribution in [3.05, 3.63) is 90.1 Å². The molecule has 0 aliphatic carbocycles. The lowest BCUT2D eigenvalue weighted by molar-refractivity contribution is 0.0363. The molecule has 0 radical (unpaired) electrons. The first-order valence-corrected chi connectivity index (χ1v) is 9.16. The molecule has 1 aliphatic heterocycles. The minimum Gasteiger partial charge on any atom is -0.350 e. The van der Waals surface area contributed by atoms with E-state index in [0.29, 0.717) is 0 Å². The predicted molar refractivity (Wildman–Crippen MR) is 104 cm³/mol. The van der Waals surface area contributed by atoms with Crippen molar-refractivity contribution < 1.29 is 4.74 Å². The Balaban J connectivity index is 1.37. The Morgan fingerprint density at radius 2 is 1.67 bits per heavy atom. The first-order valence-electron chi connectivity index (χ1n) is 9.16. The number of hydrogen-bond acceptors (Lipinski definition) is 4. The number of fused-ring (bicyclic) bond motifs is 1. The van der Waals surface area contributed by atoms with E-state index in [1.165, 1.54) is 5.56 Å². The van der Waals surface area contributed by atoms with Crippen molar-refractivity contribution in [1.82, 2.24) is 19.9 Å². The molecule has 4 aromatic rings. The van der Waals surface area contributed by atoms with Gasteiger partial charge in [-0.05, 0) is 30.2 Å². The van der Waals surface area contributed by atoms with Gasteiger partial charge in [0.2, 0.25) is 0 Å². The molecule has 1 aliphatic rings. The molecule has 5 nitrogen and oxygen atoms in total. The van der Waals surface area contributed by atoms with E-state index in [4.69, 9.17) is 4.74 Å². The molecule has 0 spiro atoms. The zero-order valence-corrected chi connectivity index (χ0v) is 15.0. The molecule has 1 fully saturated rings. The maximum absolute atomic E-state index is 6.29. The molecule has 0 unspecified atom stereocenters. The molecule has 27 heavy (non-hydrogen) atoms. The molecule has 1 saturated heterocycles. The number of pyridine rings is 1. The lowest BCUT2D eigenvalue weighted by atomic mass is 10.0. The van der Waals surface area contributed by atoms with Crippen LogP contribution in [0.15, 0.2) is 79.0 Å². The van der Waals surface area contributed by atoms with Crippen LogP contribution < -0.4 is 5.32 Å². The van der Waals surface area contributed by atoms with Crippen LogP contribution in [-0.4, -0.2) is 20.6 Å². The Kier molecular flexibility index (Phi) is 3.96. The van der Waals surface area contributed by atoms with Crippen LogP contribution in [0, 0.1) is 0 Å². The molecular weight excluding hydrogens is 336 g/mol. The zero-order chi connectivity index (χ0) is 18.2. The molecule has 5 rings (SSSR count). The largest absolute Gasteiger partial charge is 0.350 e. The van der Waals surface area contributed by atoms with Crippen LogP contribution >= 0.6 is 0 Å². The Morgan fingerprint density at radius 1 is 0.889 bits per heavy atom. The third-order valence-electron chi connectivity index (χ3n) is 4.99. The van der Waals surface area contributed by atoms with Crippen molar-refractivity contribution in [2.24, 2.45) is 0 Å². The van der Waals surface area contributed by atoms with E-state index in [-0.39, 0.29) is 18.4 Å². The molecule has 134 valence electrons. The Morgan fingerprint density at radius 3 is 2.44 bits per heavy atom. The molecule has 0 bridgehead atoms. The summed E-state index contributed by atoms with van der Waals surface area (Å²) in [6.07, 6.45) is 1.84. The predicted octanol–water partition coefficient (Wildman–Crippen LogP) is 4.14. The van der Waals surface area contributed by atoms with E-state index in [1.54, 1.807) is 4.52 Å². The summed E-state index contributed by atoms with van der Waals surface area (Å²) in [5.41, 5.74) is 4.14. The highest BCUT2D eigenvalue weighted by Gasteiger charge is 2.33. The first kappa shape index (κ1) is 16.2. The van der Waals surface area contributed by atoms with E-state index < -0.39 is 0 Å². The number of nitrogens with one attached hydrogen (secondary N) is 1. The van der Waals surface area contributed by atoms with E-state index in [9.17, 15) is 0 Å². The number of ether oxygens (including phenoxy) is 1. The molecule has 2 aromatic carbocycles. The van der Waals surface area contributed by atoms with Gasteiger partial charge in [-0.1, -0.05) is 60.7 Å². The highest BCUT2D eigenvalue weighted by molar-refractivity contribution is 5.58. The van der Waals surface area contributed by atoms with Crippen molar-refractivity contribution in [3.8, 4) is 11.4 Å². The molecule has 5 heteroatoms. The van der Waals surface area contributed by atoms with Crippen LogP contribution in [0.4, 0.5) is 0 Å². The standard InChI is InChI=1S/C22H20N4O/c1-15-20(16-7-3-2-4-8-16)27-22(23-15)18-12-10-17(11-13-18)21-24-19-9-5-6-14-26(19)25-21/h2-15,20,22-23H,1H3/t15-,20+,22-/m1/s1. The van der Waals surface area contributed by atoms with Gasteiger partial charge in [-0.15, -0.1) is 5.10 Å². The van der Waals surface area contributed by atoms with Crippen LogP contribution in [0.1, 0.15) is 30.4 Å². The van der Waals surface area contributed by atoms with Crippen molar-refractivity contribution in [2.75, 3.05) is 0 Å². The smallest absolute Gasteiger partial charge is 0.182 e. The van der Waals surface area contributed by atoms with Gasteiger partial charge < -0.3 is 4.74 Å². The molecule has 1 N–H and O–H groups in total. The van der Waals surface area contributed by atoms with E-state index in [0.717, 1.165) is 22.6 Å². The van der Waals surface area contributed by atoms with Crippen LogP contribution in [0.5, 0.6) is 0 Å². The summed E-state index contributed by atoms with van der Waals surface area (Å²) >= 11 is 0. The summed E-state index contributed by atoms with van der Waals surface area (Å²) in [6, 6.07) is 24.7. The van der Waals surface area contributed by atoms with Gasteiger partial charge in [0.25, 0.3) is 0 Å². The van der Waals surface area contributed by atoms with E-state index in [2.05, 4.69) is 70.9 Å². The average molecular weight is 356 g/mol. The molecule has 0 saturated carbocycles. The van der Waals surface area contributed by atoms with Crippen molar-refractivity contribution in [3.63, 3.8) is 0 Å². The Labute approximate surface area is 157 Å². The number of rotatable bonds is 3. The quantitative estimate of drug-likeness (QED) is 0.599. The van der Waals surface area contributed by atoms with Crippen LogP contribution in [0.25, 0.3) is 17.0 Å². The van der Waals surface area contributed by atoms with Crippen LogP contribution in [0.3, 0.4) is 0 Å². The van der Waals surface area contributed by atoms with Crippen LogP contribution in [-0.2, 0) is 4.74 Å². The topological polar surface area (TPSA) is 51.5 Å². The fourth-order valence-electron chi connectivity index (χ4n) is 3.58. The summed E-state index contributed by atoms with van der Waals surface area (Å²) in [5.74, 6) is 0.726. The van der Waals surface area contributed by atoms with Crippen molar-refractivity contribution >= 4 is 5.65 Å². The third-order valence-corrected chi connectivity index (χ3v) is 4.99. The number of aromatic nitrogens is 3. The van der Waals surface area contributed by atoms with Gasteiger partial charge in [0.05, 0.1) is 0 Å². The monoisotopic (exact) mass is 356 g/mol. The average Bonchev–Trinajstić information content (AvgIpc) is 3.32. The van der Waals surface area contributed by atoms with E-state index in [1.807, 2.05) is 30.5 Å². The lowest BCUT2D eigenvalue weighted by Crippen LogP contribution is -2.23. The summed E-state index contributed by atoms with van der Waals surface area (Å²) in [7, 11) is 0. The summed E-state index contributed by atoms with van der Waals surface area (Å²) < 4.78 is 8.08. The van der Waals surface area contributed by atoms with Gasteiger partial charge in [0.15, 0.2) is 11.5 Å². The number of nitrogens with zero attached hydrogens (tertiary/aromatic N) is 3. The third kappa shape index (κ3) is 3.01. The highest BCUT2D eigenvalue weighted by Crippen LogP contribution is 2.35. The first-order chi connectivity index (χ1) is 13.3. The highest BCUT2D eigenvalue weighted by atomic mass is 16.5. The summed E-state index contributed by atoms with van der Waals surface area (Å²) in [4.78, 5) is 4.58.